The number of carboxylic acids is 1. The summed E-state index contributed by atoms with van der Waals surface area (Å²) in [6.07, 6.45) is 8.30. The second-order valence-corrected chi connectivity index (χ2v) is 7.04. The third-order valence-electron chi connectivity index (χ3n) is 5.84. The number of hydrogen-bond acceptors (Lipinski definition) is 3. The number of fused-ring (bicyclic) bond motifs is 1. The summed E-state index contributed by atoms with van der Waals surface area (Å²) in [7, 11) is 2.22. The van der Waals surface area contributed by atoms with Crippen molar-refractivity contribution in [1.82, 2.24) is 9.80 Å². The van der Waals surface area contributed by atoms with E-state index in [2.05, 4.69) is 16.8 Å². The maximum absolute atomic E-state index is 11.7. The van der Waals surface area contributed by atoms with E-state index in [9.17, 15) is 9.90 Å². The Bertz CT molecular complexity index is 360. The van der Waals surface area contributed by atoms with Crippen LogP contribution in [0.3, 0.4) is 0 Å². The van der Waals surface area contributed by atoms with Gasteiger partial charge in [0.05, 0.1) is 5.92 Å². The van der Waals surface area contributed by atoms with Crippen LogP contribution in [-0.2, 0) is 4.79 Å². The van der Waals surface area contributed by atoms with Gasteiger partial charge in [0.2, 0.25) is 0 Å². The summed E-state index contributed by atoms with van der Waals surface area (Å²) in [4.78, 5) is 16.7. The lowest BCUT2D eigenvalue weighted by Crippen LogP contribution is -2.57. The summed E-state index contributed by atoms with van der Waals surface area (Å²) < 4.78 is 0. The number of piperidine rings is 3. The molecule has 0 aromatic heterocycles. The molecule has 3 rings (SSSR count). The second-order valence-electron chi connectivity index (χ2n) is 7.04. The van der Waals surface area contributed by atoms with Crippen LogP contribution in [0.1, 0.15) is 44.9 Å². The molecule has 4 heteroatoms. The highest BCUT2D eigenvalue weighted by atomic mass is 16.4. The second kappa shape index (κ2) is 6.02. The van der Waals surface area contributed by atoms with E-state index in [-0.39, 0.29) is 5.92 Å². The Morgan fingerprint density at radius 2 is 1.75 bits per heavy atom. The van der Waals surface area contributed by atoms with E-state index in [0.29, 0.717) is 18.0 Å². The molecule has 0 radical (unpaired) electrons. The monoisotopic (exact) mass is 280 g/mol. The van der Waals surface area contributed by atoms with Crippen molar-refractivity contribution in [3.8, 4) is 0 Å². The molecule has 114 valence electrons. The van der Waals surface area contributed by atoms with E-state index in [1.165, 1.54) is 38.6 Å². The summed E-state index contributed by atoms with van der Waals surface area (Å²) in [6.45, 7) is 3.42. The maximum Gasteiger partial charge on any atom is 0.308 e. The van der Waals surface area contributed by atoms with Gasteiger partial charge in [-0.05, 0) is 58.2 Å². The highest BCUT2D eigenvalue weighted by Crippen LogP contribution is 2.37. The molecule has 0 bridgehead atoms. The van der Waals surface area contributed by atoms with E-state index >= 15 is 0 Å². The van der Waals surface area contributed by atoms with Crippen molar-refractivity contribution in [3.05, 3.63) is 0 Å². The van der Waals surface area contributed by atoms with E-state index in [1.807, 2.05) is 0 Å². The first-order chi connectivity index (χ1) is 9.66. The fourth-order valence-electron chi connectivity index (χ4n) is 4.80. The number of aliphatic carboxylic acids is 1. The minimum atomic E-state index is -0.565. The number of nitrogens with zero attached hydrogens (tertiary/aromatic N) is 2. The summed E-state index contributed by atoms with van der Waals surface area (Å²) in [5.74, 6) is -0.148. The number of likely N-dealkylation sites (tertiary alicyclic amines) is 1. The predicted octanol–water partition coefficient (Wildman–Crippen LogP) is 2.05. The molecule has 0 unspecified atom stereocenters. The van der Waals surface area contributed by atoms with Crippen LogP contribution in [-0.4, -0.2) is 59.6 Å². The first kappa shape index (κ1) is 14.3. The van der Waals surface area contributed by atoms with Gasteiger partial charge in [0, 0.05) is 18.6 Å². The molecular weight excluding hydrogens is 252 g/mol. The minimum Gasteiger partial charge on any atom is -0.481 e. The highest BCUT2D eigenvalue weighted by Gasteiger charge is 2.43. The van der Waals surface area contributed by atoms with Gasteiger partial charge in [-0.1, -0.05) is 12.8 Å². The van der Waals surface area contributed by atoms with Gasteiger partial charge < -0.3 is 10.0 Å². The average Bonchev–Trinajstić information content (AvgIpc) is 2.46. The molecule has 3 saturated heterocycles. The molecule has 1 N–H and O–H groups in total. The first-order valence-corrected chi connectivity index (χ1v) is 8.34. The van der Waals surface area contributed by atoms with Crippen LogP contribution in [0.15, 0.2) is 0 Å². The summed E-state index contributed by atoms with van der Waals surface area (Å²) in [6, 6.07) is 0.917. The average molecular weight is 280 g/mol. The van der Waals surface area contributed by atoms with Crippen LogP contribution in [0, 0.1) is 11.8 Å². The van der Waals surface area contributed by atoms with Crippen LogP contribution in [0.5, 0.6) is 0 Å². The van der Waals surface area contributed by atoms with E-state index in [0.717, 1.165) is 25.9 Å². The molecule has 0 saturated carbocycles. The zero-order valence-corrected chi connectivity index (χ0v) is 12.6. The molecule has 0 aromatic rings. The van der Waals surface area contributed by atoms with E-state index in [1.54, 1.807) is 0 Å². The standard InChI is InChI=1S/C16H28N2O2/c1-17-8-4-2-6-14(17)12-10-13(16(19)20)15-7-3-5-9-18(15)11-12/h12-15H,2-11H2,1H3,(H,19,20)/t12-,13+,14-,15+/m1/s1. The molecule has 4 nitrogen and oxygen atoms in total. The Morgan fingerprint density at radius 3 is 2.45 bits per heavy atom. The number of hydrogen-bond donors (Lipinski definition) is 1. The minimum absolute atomic E-state index is 0.135. The van der Waals surface area contributed by atoms with Crippen molar-refractivity contribution in [2.45, 2.75) is 57.0 Å². The number of carbonyl (C=O) groups is 1. The van der Waals surface area contributed by atoms with Crippen molar-refractivity contribution in [3.63, 3.8) is 0 Å². The molecule has 20 heavy (non-hydrogen) atoms. The van der Waals surface area contributed by atoms with E-state index in [4.69, 9.17) is 0 Å². The first-order valence-electron chi connectivity index (χ1n) is 8.34. The SMILES string of the molecule is CN1CCCC[C@@H]1[C@@H]1C[C@H](C(=O)O)[C@@H]2CCCCN2C1. The van der Waals surface area contributed by atoms with Gasteiger partial charge >= 0.3 is 5.97 Å². The normalized spacial score (nSPS) is 40.2. The Labute approximate surface area is 122 Å². The lowest BCUT2D eigenvalue weighted by molar-refractivity contribution is -0.149. The Balaban J connectivity index is 1.74. The van der Waals surface area contributed by atoms with Gasteiger partial charge in [-0.2, -0.15) is 0 Å². The van der Waals surface area contributed by atoms with Gasteiger partial charge in [0.1, 0.15) is 0 Å². The molecule has 0 amide bonds. The smallest absolute Gasteiger partial charge is 0.308 e. The van der Waals surface area contributed by atoms with Gasteiger partial charge in [0.25, 0.3) is 0 Å². The lowest BCUT2D eigenvalue weighted by Gasteiger charge is -2.49. The molecule has 3 fully saturated rings. The van der Waals surface area contributed by atoms with Crippen LogP contribution in [0.25, 0.3) is 0 Å². The van der Waals surface area contributed by atoms with Crippen molar-refractivity contribution < 1.29 is 9.90 Å². The molecule has 0 aromatic carbocycles. The van der Waals surface area contributed by atoms with Gasteiger partial charge in [-0.3, -0.25) is 9.69 Å². The lowest BCUT2D eigenvalue weighted by atomic mass is 9.75. The zero-order chi connectivity index (χ0) is 14.1. The topological polar surface area (TPSA) is 43.8 Å². The third-order valence-corrected chi connectivity index (χ3v) is 5.84. The Hall–Kier alpha value is -0.610. The Kier molecular flexibility index (Phi) is 4.32. The largest absolute Gasteiger partial charge is 0.481 e. The molecular formula is C16H28N2O2. The fourth-order valence-corrected chi connectivity index (χ4v) is 4.80. The van der Waals surface area contributed by atoms with Crippen molar-refractivity contribution >= 4 is 5.97 Å². The fraction of sp³-hybridized carbons (Fsp3) is 0.938. The van der Waals surface area contributed by atoms with Crippen molar-refractivity contribution in [1.29, 1.82) is 0 Å². The van der Waals surface area contributed by atoms with Gasteiger partial charge in [0.15, 0.2) is 0 Å². The number of carboxylic acid groups (broad SMARTS) is 1. The summed E-state index contributed by atoms with van der Waals surface area (Å²) >= 11 is 0. The maximum atomic E-state index is 11.7. The Morgan fingerprint density at radius 1 is 1.05 bits per heavy atom. The molecule has 0 spiro atoms. The summed E-state index contributed by atoms with van der Waals surface area (Å²) in [5, 5.41) is 9.62. The van der Waals surface area contributed by atoms with Crippen LogP contribution in [0.2, 0.25) is 0 Å². The molecule has 4 atom stereocenters. The van der Waals surface area contributed by atoms with Gasteiger partial charge in [-0.25, -0.2) is 0 Å². The van der Waals surface area contributed by atoms with Crippen LogP contribution in [0.4, 0.5) is 0 Å². The zero-order valence-electron chi connectivity index (χ0n) is 12.6. The van der Waals surface area contributed by atoms with E-state index < -0.39 is 5.97 Å². The highest BCUT2D eigenvalue weighted by molar-refractivity contribution is 5.71. The number of rotatable bonds is 2. The van der Waals surface area contributed by atoms with Crippen LogP contribution >= 0.6 is 0 Å². The summed E-state index contributed by atoms with van der Waals surface area (Å²) in [5.41, 5.74) is 0. The third kappa shape index (κ3) is 2.73. The van der Waals surface area contributed by atoms with Gasteiger partial charge in [-0.15, -0.1) is 0 Å². The predicted molar refractivity (Wildman–Crippen MR) is 78.7 cm³/mol. The van der Waals surface area contributed by atoms with Crippen molar-refractivity contribution in [2.24, 2.45) is 11.8 Å². The molecule has 3 heterocycles. The van der Waals surface area contributed by atoms with Crippen molar-refractivity contribution in [2.75, 3.05) is 26.7 Å². The quantitative estimate of drug-likeness (QED) is 0.841. The molecule has 3 aliphatic heterocycles. The molecule has 0 aliphatic carbocycles. The molecule has 3 aliphatic rings. The van der Waals surface area contributed by atoms with Crippen LogP contribution < -0.4 is 0 Å².